The van der Waals surface area contributed by atoms with Gasteiger partial charge in [-0.15, -0.1) is 0 Å². The van der Waals surface area contributed by atoms with Gasteiger partial charge in [0.2, 0.25) is 17.6 Å². The van der Waals surface area contributed by atoms with E-state index < -0.39 is 0 Å². The number of methoxy groups -OCH3 is 1. The lowest BCUT2D eigenvalue weighted by molar-refractivity contribution is -0.132. The summed E-state index contributed by atoms with van der Waals surface area (Å²) in [6, 6.07) is 13.4. The number of ether oxygens (including phenoxy) is 1. The van der Waals surface area contributed by atoms with E-state index in [9.17, 15) is 9.18 Å². The summed E-state index contributed by atoms with van der Waals surface area (Å²) in [5, 5.41) is 4.01. The van der Waals surface area contributed by atoms with E-state index >= 15 is 0 Å². The Morgan fingerprint density at radius 2 is 2.03 bits per heavy atom. The molecule has 29 heavy (non-hydrogen) atoms. The third-order valence-electron chi connectivity index (χ3n) is 5.20. The number of hydrogen-bond donors (Lipinski definition) is 0. The highest BCUT2D eigenvalue weighted by molar-refractivity contribution is 5.77. The Morgan fingerprint density at radius 3 is 2.83 bits per heavy atom. The monoisotopic (exact) mass is 395 g/mol. The first-order valence-electron chi connectivity index (χ1n) is 9.66. The van der Waals surface area contributed by atoms with E-state index in [-0.39, 0.29) is 17.8 Å². The molecule has 7 heteroatoms. The second kappa shape index (κ2) is 8.43. The van der Waals surface area contributed by atoms with Crippen LogP contribution >= 0.6 is 0 Å². The van der Waals surface area contributed by atoms with E-state index in [1.807, 2.05) is 29.2 Å². The molecule has 2 aromatic carbocycles. The molecule has 1 fully saturated rings. The summed E-state index contributed by atoms with van der Waals surface area (Å²) < 4.78 is 23.9. The molecule has 0 radical (unpaired) electrons. The van der Waals surface area contributed by atoms with Crippen LogP contribution in [0.1, 0.15) is 36.8 Å². The van der Waals surface area contributed by atoms with Crippen molar-refractivity contribution in [1.82, 2.24) is 15.0 Å². The minimum Gasteiger partial charge on any atom is -0.496 e. The molecule has 1 saturated heterocycles. The van der Waals surface area contributed by atoms with Crippen molar-refractivity contribution in [3.05, 3.63) is 65.8 Å². The zero-order chi connectivity index (χ0) is 20.2. The first-order chi connectivity index (χ1) is 14.2. The van der Waals surface area contributed by atoms with E-state index in [4.69, 9.17) is 9.26 Å². The third-order valence-corrected chi connectivity index (χ3v) is 5.20. The number of benzene rings is 2. The smallest absolute Gasteiger partial charge is 0.249 e. The summed E-state index contributed by atoms with van der Waals surface area (Å²) in [5.41, 5.74) is 1.68. The minimum atomic E-state index is -0.319. The van der Waals surface area contributed by atoms with Crippen molar-refractivity contribution >= 4 is 5.91 Å². The molecule has 1 atom stereocenters. The first kappa shape index (κ1) is 19.1. The van der Waals surface area contributed by atoms with Crippen molar-refractivity contribution in [3.8, 4) is 17.1 Å². The molecule has 4 rings (SSSR count). The van der Waals surface area contributed by atoms with Gasteiger partial charge in [0, 0.05) is 18.5 Å². The lowest BCUT2D eigenvalue weighted by atomic mass is 10.1. The lowest BCUT2D eigenvalue weighted by Gasteiger charge is -2.22. The van der Waals surface area contributed by atoms with Gasteiger partial charge in [-0.2, -0.15) is 4.98 Å². The van der Waals surface area contributed by atoms with Crippen LogP contribution in [-0.4, -0.2) is 34.6 Å². The molecule has 0 N–H and O–H groups in total. The number of carbonyl (C=O) groups excluding carboxylic acids is 1. The minimum absolute atomic E-state index is 0.0555. The largest absolute Gasteiger partial charge is 0.496 e. The number of likely N-dealkylation sites (tertiary alicyclic amines) is 1. The molecule has 1 aliphatic rings. The number of halogens is 1. The van der Waals surface area contributed by atoms with E-state index in [0.29, 0.717) is 36.7 Å². The van der Waals surface area contributed by atoms with Crippen molar-refractivity contribution in [3.63, 3.8) is 0 Å². The average Bonchev–Trinajstić information content (AvgIpc) is 3.42. The van der Waals surface area contributed by atoms with Gasteiger partial charge >= 0.3 is 0 Å². The second-order valence-corrected chi connectivity index (χ2v) is 7.02. The predicted octanol–water partition coefficient (Wildman–Crippen LogP) is 4.18. The molecule has 0 spiro atoms. The van der Waals surface area contributed by atoms with Crippen molar-refractivity contribution in [2.45, 2.75) is 31.7 Å². The van der Waals surface area contributed by atoms with Crippen LogP contribution in [0.15, 0.2) is 53.1 Å². The number of carbonyl (C=O) groups is 1. The van der Waals surface area contributed by atoms with Gasteiger partial charge in [0.25, 0.3) is 0 Å². The van der Waals surface area contributed by atoms with Crippen LogP contribution in [0.4, 0.5) is 4.39 Å². The molecular weight excluding hydrogens is 373 g/mol. The highest BCUT2D eigenvalue weighted by Gasteiger charge is 2.33. The van der Waals surface area contributed by atoms with Gasteiger partial charge in [0.05, 0.1) is 7.11 Å². The Kier molecular flexibility index (Phi) is 5.55. The van der Waals surface area contributed by atoms with Gasteiger partial charge in [-0.25, -0.2) is 4.39 Å². The van der Waals surface area contributed by atoms with Gasteiger partial charge in [-0.3, -0.25) is 4.79 Å². The van der Waals surface area contributed by atoms with Crippen molar-refractivity contribution in [2.24, 2.45) is 0 Å². The standard InChI is InChI=1S/C22H22FN3O3/c1-28-19-7-3-2-5-15(19)10-13-20(27)26-14-4-6-18(26)22-24-21(25-29-22)16-8-11-17(23)12-9-16/h2-3,5,7-9,11-12,18H,4,6,10,13-14H2,1H3/t18-/m1/s1. The van der Waals surface area contributed by atoms with Crippen molar-refractivity contribution < 1.29 is 18.4 Å². The quantitative estimate of drug-likeness (QED) is 0.626. The van der Waals surface area contributed by atoms with Gasteiger partial charge in [-0.1, -0.05) is 23.4 Å². The Hall–Kier alpha value is -3.22. The molecule has 1 amide bonds. The van der Waals surface area contributed by atoms with Crippen LogP contribution < -0.4 is 4.74 Å². The van der Waals surface area contributed by atoms with E-state index in [1.165, 1.54) is 12.1 Å². The normalized spacial score (nSPS) is 16.2. The Morgan fingerprint density at radius 1 is 1.24 bits per heavy atom. The van der Waals surface area contributed by atoms with Crippen LogP contribution in [0, 0.1) is 5.82 Å². The van der Waals surface area contributed by atoms with Crippen molar-refractivity contribution in [2.75, 3.05) is 13.7 Å². The van der Waals surface area contributed by atoms with Crippen LogP contribution in [-0.2, 0) is 11.2 Å². The molecule has 150 valence electrons. The third kappa shape index (κ3) is 4.13. The fourth-order valence-electron chi connectivity index (χ4n) is 3.70. The van der Waals surface area contributed by atoms with Crippen LogP contribution in [0.3, 0.4) is 0 Å². The second-order valence-electron chi connectivity index (χ2n) is 7.02. The summed E-state index contributed by atoms with van der Waals surface area (Å²) >= 11 is 0. The molecule has 2 heterocycles. The maximum absolute atomic E-state index is 13.1. The summed E-state index contributed by atoms with van der Waals surface area (Å²) in [4.78, 5) is 19.1. The molecule has 0 unspecified atom stereocenters. The number of amides is 1. The van der Waals surface area contributed by atoms with Crippen LogP contribution in [0.2, 0.25) is 0 Å². The average molecular weight is 395 g/mol. The fourth-order valence-corrected chi connectivity index (χ4v) is 3.70. The van der Waals surface area contributed by atoms with Gasteiger partial charge in [0.15, 0.2) is 0 Å². The van der Waals surface area contributed by atoms with E-state index in [1.54, 1.807) is 19.2 Å². The van der Waals surface area contributed by atoms with Crippen LogP contribution in [0.5, 0.6) is 5.75 Å². The maximum atomic E-state index is 13.1. The Balaban J connectivity index is 1.45. The molecule has 0 saturated carbocycles. The maximum Gasteiger partial charge on any atom is 0.249 e. The van der Waals surface area contributed by atoms with Crippen LogP contribution in [0.25, 0.3) is 11.4 Å². The predicted molar refractivity (Wildman–Crippen MR) is 105 cm³/mol. The van der Waals surface area contributed by atoms with Gasteiger partial charge < -0.3 is 14.2 Å². The summed E-state index contributed by atoms with van der Waals surface area (Å²) in [5.74, 6) is 1.35. The molecule has 3 aromatic rings. The lowest BCUT2D eigenvalue weighted by Crippen LogP contribution is -2.30. The fraction of sp³-hybridized carbons (Fsp3) is 0.318. The van der Waals surface area contributed by atoms with Gasteiger partial charge in [-0.05, 0) is 55.2 Å². The van der Waals surface area contributed by atoms with Gasteiger partial charge in [0.1, 0.15) is 17.6 Å². The number of aryl methyl sites for hydroxylation is 1. The molecular formula is C22H22FN3O3. The summed E-state index contributed by atoms with van der Waals surface area (Å²) in [6.45, 7) is 0.670. The summed E-state index contributed by atoms with van der Waals surface area (Å²) in [6.07, 6.45) is 2.66. The number of rotatable bonds is 6. The molecule has 1 aromatic heterocycles. The Bertz CT molecular complexity index is 987. The first-order valence-corrected chi connectivity index (χ1v) is 9.66. The molecule has 6 nitrogen and oxygen atoms in total. The molecule has 0 bridgehead atoms. The zero-order valence-electron chi connectivity index (χ0n) is 16.2. The van der Waals surface area contributed by atoms with Crippen molar-refractivity contribution in [1.29, 1.82) is 0 Å². The number of aromatic nitrogens is 2. The molecule has 0 aliphatic carbocycles. The SMILES string of the molecule is COc1ccccc1CCC(=O)N1CCC[C@@H]1c1nc(-c2ccc(F)cc2)no1. The number of para-hydroxylation sites is 1. The number of hydrogen-bond acceptors (Lipinski definition) is 5. The highest BCUT2D eigenvalue weighted by atomic mass is 19.1. The highest BCUT2D eigenvalue weighted by Crippen LogP contribution is 2.33. The Labute approximate surface area is 168 Å². The zero-order valence-corrected chi connectivity index (χ0v) is 16.2. The number of nitrogens with zero attached hydrogens (tertiary/aromatic N) is 3. The summed E-state index contributed by atoms with van der Waals surface area (Å²) in [7, 11) is 1.63. The molecule has 1 aliphatic heterocycles. The van der Waals surface area contributed by atoms with E-state index in [2.05, 4.69) is 10.1 Å². The van der Waals surface area contributed by atoms with E-state index in [0.717, 1.165) is 24.2 Å². The topological polar surface area (TPSA) is 68.5 Å².